The molecule has 7 heteroatoms. The Balaban J connectivity index is 1.56. The van der Waals surface area contributed by atoms with Crippen molar-refractivity contribution in [3.8, 4) is 0 Å². The normalized spacial score (nSPS) is 14.5. The highest BCUT2D eigenvalue weighted by molar-refractivity contribution is 5.95. The number of hydrogen-bond donors (Lipinski definition) is 2. The number of amides is 2. The SMILES string of the molecule is CNC(=O)c1cnc(C)nc1CCNC(=O)c1ccc(N2CCC(C)CC2)cc1. The summed E-state index contributed by atoms with van der Waals surface area (Å²) in [4.78, 5) is 35.2. The fourth-order valence-corrected chi connectivity index (χ4v) is 3.52. The summed E-state index contributed by atoms with van der Waals surface area (Å²) < 4.78 is 0. The van der Waals surface area contributed by atoms with E-state index in [2.05, 4.69) is 32.4 Å². The number of carbonyl (C=O) groups excluding carboxylic acids is 2. The van der Waals surface area contributed by atoms with E-state index in [4.69, 9.17) is 0 Å². The molecule has 2 heterocycles. The first-order chi connectivity index (χ1) is 14.0. The van der Waals surface area contributed by atoms with Gasteiger partial charge >= 0.3 is 0 Å². The second-order valence-electron chi connectivity index (χ2n) is 7.58. The van der Waals surface area contributed by atoms with E-state index in [9.17, 15) is 9.59 Å². The van der Waals surface area contributed by atoms with E-state index in [1.807, 2.05) is 24.3 Å². The topological polar surface area (TPSA) is 87.2 Å². The summed E-state index contributed by atoms with van der Waals surface area (Å²) >= 11 is 0. The van der Waals surface area contributed by atoms with Crippen molar-refractivity contribution in [1.82, 2.24) is 20.6 Å². The lowest BCUT2D eigenvalue weighted by Gasteiger charge is -2.32. The Kier molecular flexibility index (Phi) is 6.80. The molecule has 0 bridgehead atoms. The fourth-order valence-electron chi connectivity index (χ4n) is 3.52. The first kappa shape index (κ1) is 20.8. The number of carbonyl (C=O) groups is 2. The molecule has 1 saturated heterocycles. The van der Waals surface area contributed by atoms with Gasteiger partial charge in [0.2, 0.25) is 0 Å². The monoisotopic (exact) mass is 395 g/mol. The van der Waals surface area contributed by atoms with Crippen LogP contribution in [0.4, 0.5) is 5.69 Å². The molecular weight excluding hydrogens is 366 g/mol. The number of rotatable bonds is 6. The van der Waals surface area contributed by atoms with E-state index in [1.165, 1.54) is 24.7 Å². The maximum atomic E-state index is 12.5. The van der Waals surface area contributed by atoms with Crippen LogP contribution in [0.25, 0.3) is 0 Å². The summed E-state index contributed by atoms with van der Waals surface area (Å²) in [7, 11) is 1.57. The van der Waals surface area contributed by atoms with Crippen LogP contribution in [-0.4, -0.2) is 48.5 Å². The minimum Gasteiger partial charge on any atom is -0.372 e. The summed E-state index contributed by atoms with van der Waals surface area (Å²) in [6.45, 7) is 6.61. The van der Waals surface area contributed by atoms with Crippen LogP contribution in [0, 0.1) is 12.8 Å². The lowest BCUT2D eigenvalue weighted by atomic mass is 9.98. The minimum absolute atomic E-state index is 0.129. The average molecular weight is 396 g/mol. The standard InChI is InChI=1S/C22H29N5O2/c1-15-9-12-27(13-10-15)18-6-4-17(5-7-18)21(28)24-11-8-20-19(22(29)23-3)14-25-16(2)26-20/h4-7,14-15H,8-13H2,1-3H3,(H,23,29)(H,24,28). The van der Waals surface area contributed by atoms with Crippen LogP contribution in [0.3, 0.4) is 0 Å². The Morgan fingerprint density at radius 2 is 1.83 bits per heavy atom. The van der Waals surface area contributed by atoms with Crippen molar-refractivity contribution >= 4 is 17.5 Å². The van der Waals surface area contributed by atoms with Gasteiger partial charge in [0.25, 0.3) is 11.8 Å². The number of piperidine rings is 1. The number of hydrogen-bond acceptors (Lipinski definition) is 5. The zero-order valence-corrected chi connectivity index (χ0v) is 17.4. The summed E-state index contributed by atoms with van der Waals surface area (Å²) in [6, 6.07) is 7.77. The average Bonchev–Trinajstić information content (AvgIpc) is 2.74. The van der Waals surface area contributed by atoms with Crippen LogP contribution in [0.2, 0.25) is 0 Å². The van der Waals surface area contributed by atoms with E-state index in [0.29, 0.717) is 35.6 Å². The third kappa shape index (κ3) is 5.31. The molecule has 154 valence electrons. The second-order valence-corrected chi connectivity index (χ2v) is 7.58. The van der Waals surface area contributed by atoms with Gasteiger partial charge < -0.3 is 15.5 Å². The molecule has 0 atom stereocenters. The predicted molar refractivity (Wildman–Crippen MR) is 113 cm³/mol. The van der Waals surface area contributed by atoms with Gasteiger partial charge in [0.05, 0.1) is 11.3 Å². The number of nitrogens with zero attached hydrogens (tertiary/aromatic N) is 3. The smallest absolute Gasteiger partial charge is 0.254 e. The molecule has 3 rings (SSSR count). The number of aromatic nitrogens is 2. The van der Waals surface area contributed by atoms with Crippen molar-refractivity contribution in [2.24, 2.45) is 5.92 Å². The summed E-state index contributed by atoms with van der Waals surface area (Å²) in [5.74, 6) is 1.03. The molecule has 1 aromatic heterocycles. The number of nitrogens with one attached hydrogen (secondary N) is 2. The summed E-state index contributed by atoms with van der Waals surface area (Å²) in [5, 5.41) is 5.50. The van der Waals surface area contributed by atoms with Crippen molar-refractivity contribution in [3.63, 3.8) is 0 Å². The van der Waals surface area contributed by atoms with Gasteiger partial charge in [0.15, 0.2) is 0 Å². The molecule has 0 unspecified atom stereocenters. The lowest BCUT2D eigenvalue weighted by molar-refractivity contribution is 0.0952. The van der Waals surface area contributed by atoms with Crippen LogP contribution in [0.1, 0.15) is 52.0 Å². The molecule has 0 spiro atoms. The largest absolute Gasteiger partial charge is 0.372 e. The molecule has 1 aliphatic heterocycles. The number of benzene rings is 1. The van der Waals surface area contributed by atoms with Gasteiger partial charge in [0.1, 0.15) is 5.82 Å². The Labute approximate surface area is 171 Å². The van der Waals surface area contributed by atoms with Crippen LogP contribution >= 0.6 is 0 Å². The molecule has 1 aliphatic rings. The molecular formula is C22H29N5O2. The summed E-state index contributed by atoms with van der Waals surface area (Å²) in [5.41, 5.74) is 2.86. The third-order valence-corrected chi connectivity index (χ3v) is 5.39. The Hall–Kier alpha value is -2.96. The molecule has 1 fully saturated rings. The second kappa shape index (κ2) is 9.49. The highest BCUT2D eigenvalue weighted by atomic mass is 16.2. The van der Waals surface area contributed by atoms with E-state index in [0.717, 1.165) is 19.0 Å². The predicted octanol–water partition coefficient (Wildman–Crippen LogP) is 2.35. The van der Waals surface area contributed by atoms with E-state index < -0.39 is 0 Å². The molecule has 0 saturated carbocycles. The quantitative estimate of drug-likeness (QED) is 0.784. The van der Waals surface area contributed by atoms with Gasteiger partial charge in [-0.2, -0.15) is 0 Å². The Morgan fingerprint density at radius 3 is 2.48 bits per heavy atom. The van der Waals surface area contributed by atoms with Crippen molar-refractivity contribution in [3.05, 3.63) is 53.1 Å². The van der Waals surface area contributed by atoms with Crippen molar-refractivity contribution < 1.29 is 9.59 Å². The highest BCUT2D eigenvalue weighted by Crippen LogP contribution is 2.23. The van der Waals surface area contributed by atoms with Gasteiger partial charge in [-0.25, -0.2) is 9.97 Å². The van der Waals surface area contributed by atoms with Crippen molar-refractivity contribution in [1.29, 1.82) is 0 Å². The zero-order chi connectivity index (χ0) is 20.8. The molecule has 29 heavy (non-hydrogen) atoms. The molecule has 1 aromatic carbocycles. The first-order valence-electron chi connectivity index (χ1n) is 10.2. The first-order valence-corrected chi connectivity index (χ1v) is 10.2. The van der Waals surface area contributed by atoms with E-state index >= 15 is 0 Å². The lowest BCUT2D eigenvalue weighted by Crippen LogP contribution is -2.32. The van der Waals surface area contributed by atoms with Gasteiger partial charge in [0, 0.05) is 50.6 Å². The van der Waals surface area contributed by atoms with Crippen LogP contribution in [0.15, 0.2) is 30.5 Å². The summed E-state index contributed by atoms with van der Waals surface area (Å²) in [6.07, 6.45) is 4.41. The van der Waals surface area contributed by atoms with Gasteiger partial charge in [-0.3, -0.25) is 9.59 Å². The fraction of sp³-hybridized carbons (Fsp3) is 0.455. The Bertz CT molecular complexity index is 858. The molecule has 7 nitrogen and oxygen atoms in total. The van der Waals surface area contributed by atoms with Crippen molar-refractivity contribution in [2.75, 3.05) is 31.6 Å². The molecule has 0 aliphatic carbocycles. The van der Waals surface area contributed by atoms with E-state index in [-0.39, 0.29) is 11.8 Å². The van der Waals surface area contributed by atoms with Gasteiger partial charge in [-0.15, -0.1) is 0 Å². The van der Waals surface area contributed by atoms with Crippen LogP contribution < -0.4 is 15.5 Å². The molecule has 2 N–H and O–H groups in total. The molecule has 2 aromatic rings. The van der Waals surface area contributed by atoms with Crippen LogP contribution in [-0.2, 0) is 6.42 Å². The van der Waals surface area contributed by atoms with Crippen molar-refractivity contribution in [2.45, 2.75) is 33.1 Å². The zero-order valence-electron chi connectivity index (χ0n) is 17.4. The molecule has 0 radical (unpaired) electrons. The minimum atomic E-state index is -0.228. The van der Waals surface area contributed by atoms with Gasteiger partial charge in [-0.1, -0.05) is 6.92 Å². The number of aryl methyl sites for hydroxylation is 1. The number of anilines is 1. The highest BCUT2D eigenvalue weighted by Gasteiger charge is 2.17. The Morgan fingerprint density at radius 1 is 1.14 bits per heavy atom. The molecule has 2 amide bonds. The third-order valence-electron chi connectivity index (χ3n) is 5.39. The van der Waals surface area contributed by atoms with Crippen LogP contribution in [0.5, 0.6) is 0 Å². The maximum absolute atomic E-state index is 12.5. The maximum Gasteiger partial charge on any atom is 0.254 e. The van der Waals surface area contributed by atoms with E-state index in [1.54, 1.807) is 14.0 Å². The van der Waals surface area contributed by atoms with Gasteiger partial charge in [-0.05, 0) is 49.9 Å².